The molecule has 0 aliphatic carbocycles. The Kier molecular flexibility index (Phi) is 5.96. The van der Waals surface area contributed by atoms with Gasteiger partial charge in [0, 0.05) is 16.7 Å². The summed E-state index contributed by atoms with van der Waals surface area (Å²) in [4.78, 5) is 9.74. The second-order valence-electron chi connectivity index (χ2n) is 7.52. The molecule has 157 valence electrons. The molecule has 1 aromatic heterocycles. The van der Waals surface area contributed by atoms with E-state index in [0.29, 0.717) is 19.3 Å². The van der Waals surface area contributed by atoms with Crippen LogP contribution in [-0.2, 0) is 0 Å². The molecule has 0 atom stereocenters. The molecule has 0 unspecified atom stereocenters. The van der Waals surface area contributed by atoms with Crippen LogP contribution in [0.4, 0.5) is 0 Å². The van der Waals surface area contributed by atoms with Gasteiger partial charge in [-0.15, -0.1) is 0 Å². The first-order valence-corrected chi connectivity index (χ1v) is 10.6. The second-order valence-corrected chi connectivity index (χ2v) is 7.52. The molecular weight excluding hydrogens is 407 g/mol. The Morgan fingerprint density at radius 1 is 0.515 bits per heavy atom. The van der Waals surface area contributed by atoms with E-state index in [0.717, 1.165) is 33.6 Å². The summed E-state index contributed by atoms with van der Waals surface area (Å²) in [5.74, 6) is 1.18. The molecule has 0 aliphatic heterocycles. The maximum Gasteiger partial charge on any atom is 0.569 e. The van der Waals surface area contributed by atoms with Gasteiger partial charge in [-0.3, -0.25) is 0 Å². The van der Waals surface area contributed by atoms with Gasteiger partial charge >= 0.3 is 7.69 Å². The van der Waals surface area contributed by atoms with Crippen molar-refractivity contribution in [2.24, 2.45) is 0 Å². The zero-order chi connectivity index (χ0) is 22.5. The Morgan fingerprint density at radius 3 is 1.73 bits per heavy atom. The van der Waals surface area contributed by atoms with E-state index in [2.05, 4.69) is 36.4 Å². The smallest absolute Gasteiger partial charge is 0.537 e. The Hall–Kier alpha value is -4.22. The molecule has 0 bridgehead atoms. The highest BCUT2D eigenvalue weighted by molar-refractivity contribution is 6.17. The van der Waals surface area contributed by atoms with Gasteiger partial charge in [-0.25, -0.2) is 9.97 Å². The molecular formula is C28H20BN2O2. The number of rotatable bonds is 6. The van der Waals surface area contributed by atoms with Crippen molar-refractivity contribution in [1.29, 1.82) is 0 Å². The third-order valence-electron chi connectivity index (χ3n) is 5.36. The molecule has 0 fully saturated rings. The number of benzene rings is 4. The molecule has 5 aromatic rings. The Labute approximate surface area is 193 Å². The van der Waals surface area contributed by atoms with E-state index in [9.17, 15) is 0 Å². The summed E-state index contributed by atoms with van der Waals surface area (Å²) in [5, 5.41) is 9.00. The lowest BCUT2D eigenvalue weighted by Crippen LogP contribution is -2.00. The Morgan fingerprint density at radius 2 is 1.06 bits per heavy atom. The van der Waals surface area contributed by atoms with Gasteiger partial charge in [-0.1, -0.05) is 97.1 Å². The minimum absolute atomic E-state index is 0.531. The molecule has 5 rings (SSSR count). The Balaban J connectivity index is 1.60. The third kappa shape index (κ3) is 4.69. The fourth-order valence-electron chi connectivity index (χ4n) is 3.71. The van der Waals surface area contributed by atoms with Crippen LogP contribution < -0.4 is 4.65 Å². The van der Waals surface area contributed by atoms with Gasteiger partial charge < -0.3 is 9.68 Å². The lowest BCUT2D eigenvalue weighted by molar-refractivity contribution is 0.454. The number of hydrogen-bond acceptors (Lipinski definition) is 4. The van der Waals surface area contributed by atoms with Crippen LogP contribution in [0.1, 0.15) is 0 Å². The van der Waals surface area contributed by atoms with E-state index in [4.69, 9.17) is 19.6 Å². The van der Waals surface area contributed by atoms with E-state index in [-0.39, 0.29) is 0 Å². The largest absolute Gasteiger partial charge is 0.569 e. The molecule has 4 aromatic carbocycles. The predicted octanol–water partition coefficient (Wildman–Crippen LogP) is 6.05. The summed E-state index contributed by atoms with van der Waals surface area (Å²) in [6.45, 7) is 0. The highest BCUT2D eigenvalue weighted by Gasteiger charge is 2.11. The fraction of sp³-hybridized carbons (Fsp3) is 0. The van der Waals surface area contributed by atoms with E-state index >= 15 is 0 Å². The van der Waals surface area contributed by atoms with Gasteiger partial charge in [0.2, 0.25) is 0 Å². The normalized spacial score (nSPS) is 10.6. The van der Waals surface area contributed by atoms with Crippen molar-refractivity contribution in [3.63, 3.8) is 0 Å². The van der Waals surface area contributed by atoms with Crippen molar-refractivity contribution in [1.82, 2.24) is 9.97 Å². The maximum absolute atomic E-state index is 9.00. The van der Waals surface area contributed by atoms with Crippen molar-refractivity contribution in [2.45, 2.75) is 0 Å². The molecule has 5 heteroatoms. The first-order chi connectivity index (χ1) is 16.3. The molecule has 1 heterocycles. The molecule has 33 heavy (non-hydrogen) atoms. The molecule has 1 radical (unpaired) electrons. The van der Waals surface area contributed by atoms with Crippen LogP contribution in [0.2, 0.25) is 0 Å². The standard InChI is InChI=1S/C28H20BN2O2/c32-29-33-25-13-7-12-24(18-25)27-19-26(22-10-5-2-6-11-22)30-28(31-27)23-16-14-21(15-17-23)20-8-3-1-4-9-20/h1-19,32H. The quantitative estimate of drug-likeness (QED) is 0.335. The first kappa shape index (κ1) is 20.7. The lowest BCUT2D eigenvalue weighted by Gasteiger charge is -2.11. The van der Waals surface area contributed by atoms with Crippen molar-refractivity contribution < 1.29 is 9.68 Å². The minimum atomic E-state index is 0.531. The van der Waals surface area contributed by atoms with Gasteiger partial charge in [0.15, 0.2) is 5.82 Å². The Bertz CT molecular complexity index is 1360. The zero-order valence-electron chi connectivity index (χ0n) is 17.8. The second kappa shape index (κ2) is 9.51. The summed E-state index contributed by atoms with van der Waals surface area (Å²) in [6.07, 6.45) is 0. The zero-order valence-corrected chi connectivity index (χ0v) is 17.8. The summed E-state index contributed by atoms with van der Waals surface area (Å²) in [7, 11) is 0.675. The number of hydrogen-bond donors (Lipinski definition) is 1. The number of nitrogens with zero attached hydrogens (tertiary/aromatic N) is 2. The molecule has 0 spiro atoms. The first-order valence-electron chi connectivity index (χ1n) is 10.6. The van der Waals surface area contributed by atoms with Crippen molar-refractivity contribution in [3.8, 4) is 50.8 Å². The molecule has 1 N–H and O–H groups in total. The molecule has 0 aliphatic rings. The lowest BCUT2D eigenvalue weighted by atomic mass is 10.0. The van der Waals surface area contributed by atoms with Gasteiger partial charge in [0.25, 0.3) is 0 Å². The van der Waals surface area contributed by atoms with E-state index in [1.165, 1.54) is 5.56 Å². The van der Waals surface area contributed by atoms with Crippen molar-refractivity contribution in [2.75, 3.05) is 0 Å². The highest BCUT2D eigenvalue weighted by atomic mass is 16.5. The van der Waals surface area contributed by atoms with Crippen LogP contribution in [0.15, 0.2) is 115 Å². The minimum Gasteiger partial charge on any atom is -0.537 e. The van der Waals surface area contributed by atoms with E-state index in [1.54, 1.807) is 6.07 Å². The average molecular weight is 427 g/mol. The highest BCUT2D eigenvalue weighted by Crippen LogP contribution is 2.30. The number of aromatic nitrogens is 2. The third-order valence-corrected chi connectivity index (χ3v) is 5.36. The van der Waals surface area contributed by atoms with Crippen LogP contribution in [0.5, 0.6) is 5.75 Å². The fourth-order valence-corrected chi connectivity index (χ4v) is 3.71. The maximum atomic E-state index is 9.00. The van der Waals surface area contributed by atoms with Crippen molar-refractivity contribution in [3.05, 3.63) is 115 Å². The van der Waals surface area contributed by atoms with Crippen LogP contribution >= 0.6 is 0 Å². The molecule has 4 nitrogen and oxygen atoms in total. The monoisotopic (exact) mass is 427 g/mol. The summed E-state index contributed by atoms with van der Waals surface area (Å²) in [5.41, 5.74) is 6.74. The SMILES string of the molecule is O[B]Oc1cccc(-c2cc(-c3ccccc3)nc(-c3ccc(-c4ccccc4)cc3)n2)c1. The molecule has 0 saturated carbocycles. The van der Waals surface area contributed by atoms with Crippen LogP contribution in [0, 0.1) is 0 Å². The average Bonchev–Trinajstić information content (AvgIpc) is 2.90. The van der Waals surface area contributed by atoms with Gasteiger partial charge in [0.05, 0.1) is 11.4 Å². The predicted molar refractivity (Wildman–Crippen MR) is 132 cm³/mol. The van der Waals surface area contributed by atoms with Crippen LogP contribution in [-0.4, -0.2) is 22.7 Å². The summed E-state index contributed by atoms with van der Waals surface area (Å²) >= 11 is 0. The summed E-state index contributed by atoms with van der Waals surface area (Å²) in [6, 6.07) is 38.0. The van der Waals surface area contributed by atoms with Crippen LogP contribution in [0.3, 0.4) is 0 Å². The van der Waals surface area contributed by atoms with Gasteiger partial charge in [0.1, 0.15) is 5.75 Å². The summed E-state index contributed by atoms with van der Waals surface area (Å²) < 4.78 is 5.14. The van der Waals surface area contributed by atoms with Gasteiger partial charge in [-0.2, -0.15) is 0 Å². The topological polar surface area (TPSA) is 55.2 Å². The van der Waals surface area contributed by atoms with Crippen molar-refractivity contribution >= 4 is 7.69 Å². The van der Waals surface area contributed by atoms with E-state index < -0.39 is 0 Å². The van der Waals surface area contributed by atoms with Crippen LogP contribution in [0.25, 0.3) is 45.0 Å². The van der Waals surface area contributed by atoms with E-state index in [1.807, 2.05) is 72.8 Å². The molecule has 0 saturated heterocycles. The molecule has 0 amide bonds. The van der Waals surface area contributed by atoms with Gasteiger partial charge in [-0.05, 0) is 29.3 Å².